The van der Waals surface area contributed by atoms with Crippen LogP contribution in [0.3, 0.4) is 0 Å². The van der Waals surface area contributed by atoms with E-state index < -0.39 is 0 Å². The van der Waals surface area contributed by atoms with Crippen LogP contribution in [-0.2, 0) is 9.47 Å². The van der Waals surface area contributed by atoms with E-state index >= 15 is 0 Å². The van der Waals surface area contributed by atoms with Crippen LogP contribution in [0.15, 0.2) is 0 Å². The largest absolute Gasteiger partial charge is 0.394 e. The lowest BCUT2D eigenvalue weighted by atomic mass is 10.1. The standard InChI is InChI=1S/C13H27NO3/c1-2-3-4-5-6-7-8-16-13-10-14-9-12(11-15)17-13/h12-15H,2-11H2,1H3/t12-,13+/m0/s1. The lowest BCUT2D eigenvalue weighted by Gasteiger charge is -2.29. The maximum atomic E-state index is 8.98. The second kappa shape index (κ2) is 9.83. The zero-order chi connectivity index (χ0) is 12.3. The van der Waals surface area contributed by atoms with Gasteiger partial charge in [-0.25, -0.2) is 0 Å². The van der Waals surface area contributed by atoms with Crippen molar-refractivity contribution in [1.82, 2.24) is 5.32 Å². The van der Waals surface area contributed by atoms with Crippen molar-refractivity contribution in [2.75, 3.05) is 26.3 Å². The number of aliphatic hydroxyl groups excluding tert-OH is 1. The molecule has 0 saturated carbocycles. The number of aliphatic hydroxyl groups is 1. The number of unbranched alkanes of at least 4 members (excludes halogenated alkanes) is 5. The summed E-state index contributed by atoms with van der Waals surface area (Å²) < 4.78 is 11.2. The third kappa shape index (κ3) is 6.99. The Hall–Kier alpha value is -0.160. The molecule has 0 aromatic heterocycles. The maximum absolute atomic E-state index is 8.98. The third-order valence-electron chi connectivity index (χ3n) is 3.03. The summed E-state index contributed by atoms with van der Waals surface area (Å²) in [5, 5.41) is 12.2. The Bertz CT molecular complexity index is 178. The fourth-order valence-electron chi connectivity index (χ4n) is 1.98. The molecule has 0 radical (unpaired) electrons. The van der Waals surface area contributed by atoms with Gasteiger partial charge in [-0.1, -0.05) is 39.0 Å². The van der Waals surface area contributed by atoms with Gasteiger partial charge in [-0.3, -0.25) is 0 Å². The van der Waals surface area contributed by atoms with Crippen LogP contribution in [0.1, 0.15) is 45.4 Å². The Morgan fingerprint density at radius 2 is 1.94 bits per heavy atom. The van der Waals surface area contributed by atoms with Gasteiger partial charge in [0, 0.05) is 19.7 Å². The van der Waals surface area contributed by atoms with Gasteiger partial charge in [0.05, 0.1) is 12.7 Å². The number of morpholine rings is 1. The molecule has 4 heteroatoms. The molecule has 1 aliphatic rings. The highest BCUT2D eigenvalue weighted by Crippen LogP contribution is 2.08. The van der Waals surface area contributed by atoms with Crippen molar-refractivity contribution in [1.29, 1.82) is 0 Å². The van der Waals surface area contributed by atoms with E-state index in [1.807, 2.05) is 0 Å². The zero-order valence-electron chi connectivity index (χ0n) is 11.0. The molecule has 102 valence electrons. The van der Waals surface area contributed by atoms with E-state index in [2.05, 4.69) is 12.2 Å². The van der Waals surface area contributed by atoms with Crippen LogP contribution in [0, 0.1) is 0 Å². The number of ether oxygens (including phenoxy) is 2. The van der Waals surface area contributed by atoms with Crippen LogP contribution in [0.5, 0.6) is 0 Å². The van der Waals surface area contributed by atoms with Crippen LogP contribution in [-0.4, -0.2) is 43.8 Å². The number of hydrogen-bond donors (Lipinski definition) is 2. The first-order chi connectivity index (χ1) is 8.36. The second-order valence-electron chi connectivity index (χ2n) is 4.67. The van der Waals surface area contributed by atoms with E-state index in [9.17, 15) is 0 Å². The Morgan fingerprint density at radius 3 is 2.71 bits per heavy atom. The first-order valence-corrected chi connectivity index (χ1v) is 6.95. The van der Waals surface area contributed by atoms with Crippen molar-refractivity contribution in [3.8, 4) is 0 Å². The van der Waals surface area contributed by atoms with Crippen molar-refractivity contribution in [2.24, 2.45) is 0 Å². The van der Waals surface area contributed by atoms with E-state index in [1.54, 1.807) is 0 Å². The summed E-state index contributed by atoms with van der Waals surface area (Å²) in [6, 6.07) is 0. The second-order valence-corrected chi connectivity index (χ2v) is 4.67. The van der Waals surface area contributed by atoms with Gasteiger partial charge in [0.25, 0.3) is 0 Å². The topological polar surface area (TPSA) is 50.7 Å². The van der Waals surface area contributed by atoms with E-state index in [0.29, 0.717) is 6.54 Å². The van der Waals surface area contributed by atoms with Gasteiger partial charge in [-0.05, 0) is 6.42 Å². The quantitative estimate of drug-likeness (QED) is 0.607. The molecule has 0 aromatic carbocycles. The molecule has 2 atom stereocenters. The molecular formula is C13H27NO3. The van der Waals surface area contributed by atoms with Gasteiger partial charge in [-0.2, -0.15) is 0 Å². The van der Waals surface area contributed by atoms with E-state index in [0.717, 1.165) is 19.6 Å². The Kier molecular flexibility index (Phi) is 8.61. The molecule has 0 bridgehead atoms. The molecule has 1 saturated heterocycles. The summed E-state index contributed by atoms with van der Waals surface area (Å²) in [5.74, 6) is 0. The normalized spacial score (nSPS) is 25.1. The summed E-state index contributed by atoms with van der Waals surface area (Å²) in [4.78, 5) is 0. The zero-order valence-corrected chi connectivity index (χ0v) is 11.0. The molecule has 0 aromatic rings. The molecule has 0 unspecified atom stereocenters. The van der Waals surface area contributed by atoms with Gasteiger partial charge in [0.2, 0.25) is 0 Å². The van der Waals surface area contributed by atoms with E-state index in [1.165, 1.54) is 32.1 Å². The average molecular weight is 245 g/mol. The molecule has 17 heavy (non-hydrogen) atoms. The molecule has 0 spiro atoms. The summed E-state index contributed by atoms with van der Waals surface area (Å²) >= 11 is 0. The molecule has 4 nitrogen and oxygen atoms in total. The monoisotopic (exact) mass is 245 g/mol. The molecule has 1 heterocycles. The van der Waals surface area contributed by atoms with Crippen LogP contribution >= 0.6 is 0 Å². The van der Waals surface area contributed by atoms with E-state index in [-0.39, 0.29) is 19.0 Å². The first kappa shape index (κ1) is 14.9. The predicted octanol–water partition coefficient (Wildman–Crippen LogP) is 1.67. The summed E-state index contributed by atoms with van der Waals surface area (Å²) in [6.07, 6.45) is 7.33. The summed E-state index contributed by atoms with van der Waals surface area (Å²) in [5.41, 5.74) is 0. The highest BCUT2D eigenvalue weighted by atomic mass is 16.7. The van der Waals surface area contributed by atoms with Crippen LogP contribution in [0.4, 0.5) is 0 Å². The lowest BCUT2D eigenvalue weighted by Crippen LogP contribution is -2.47. The van der Waals surface area contributed by atoms with Gasteiger partial charge in [0.15, 0.2) is 6.29 Å². The fraction of sp³-hybridized carbons (Fsp3) is 1.00. The average Bonchev–Trinajstić information content (AvgIpc) is 2.38. The smallest absolute Gasteiger partial charge is 0.170 e. The Morgan fingerprint density at radius 1 is 1.18 bits per heavy atom. The van der Waals surface area contributed by atoms with Crippen LogP contribution in [0.25, 0.3) is 0 Å². The summed E-state index contributed by atoms with van der Waals surface area (Å²) in [6.45, 7) is 4.49. The highest BCUT2D eigenvalue weighted by molar-refractivity contribution is 4.68. The molecule has 1 aliphatic heterocycles. The Labute approximate surface area is 105 Å². The molecule has 2 N–H and O–H groups in total. The van der Waals surface area contributed by atoms with Crippen molar-refractivity contribution < 1.29 is 14.6 Å². The van der Waals surface area contributed by atoms with Crippen LogP contribution < -0.4 is 5.32 Å². The van der Waals surface area contributed by atoms with Crippen molar-refractivity contribution in [3.63, 3.8) is 0 Å². The summed E-state index contributed by atoms with van der Waals surface area (Å²) in [7, 11) is 0. The number of hydrogen-bond acceptors (Lipinski definition) is 4. The van der Waals surface area contributed by atoms with Crippen LogP contribution in [0.2, 0.25) is 0 Å². The SMILES string of the molecule is CCCCCCCCO[C@H]1CNC[C@@H](CO)O1. The minimum Gasteiger partial charge on any atom is -0.394 e. The number of nitrogens with one attached hydrogen (secondary N) is 1. The van der Waals surface area contributed by atoms with Crippen molar-refractivity contribution >= 4 is 0 Å². The molecule has 0 amide bonds. The van der Waals surface area contributed by atoms with Gasteiger partial charge >= 0.3 is 0 Å². The van der Waals surface area contributed by atoms with E-state index in [4.69, 9.17) is 14.6 Å². The first-order valence-electron chi connectivity index (χ1n) is 6.95. The fourth-order valence-corrected chi connectivity index (χ4v) is 1.98. The Balaban J connectivity index is 1.91. The maximum Gasteiger partial charge on any atom is 0.170 e. The molecular weight excluding hydrogens is 218 g/mol. The van der Waals surface area contributed by atoms with Crippen molar-refractivity contribution in [2.45, 2.75) is 57.8 Å². The highest BCUT2D eigenvalue weighted by Gasteiger charge is 2.21. The van der Waals surface area contributed by atoms with Crippen molar-refractivity contribution in [3.05, 3.63) is 0 Å². The minimum atomic E-state index is -0.184. The predicted molar refractivity (Wildman–Crippen MR) is 67.9 cm³/mol. The minimum absolute atomic E-state index is 0.0594. The van der Waals surface area contributed by atoms with Gasteiger partial charge in [-0.15, -0.1) is 0 Å². The molecule has 0 aliphatic carbocycles. The van der Waals surface area contributed by atoms with Gasteiger partial charge in [0.1, 0.15) is 0 Å². The lowest BCUT2D eigenvalue weighted by molar-refractivity contribution is -0.191. The van der Waals surface area contributed by atoms with Gasteiger partial charge < -0.3 is 19.9 Å². The third-order valence-corrected chi connectivity index (χ3v) is 3.03. The number of rotatable bonds is 9. The molecule has 1 fully saturated rings. The molecule has 1 rings (SSSR count).